The van der Waals surface area contributed by atoms with E-state index in [2.05, 4.69) is 6.92 Å². The second kappa shape index (κ2) is 5.92. The molecule has 0 aliphatic rings. The Hall–Kier alpha value is -0.210. The molecule has 2 heteroatoms. The van der Waals surface area contributed by atoms with E-state index in [4.69, 9.17) is 0 Å². The Bertz CT molecular complexity index is 139. The van der Waals surface area contributed by atoms with E-state index in [0.29, 0.717) is 0 Å². The molecular weight excluding hydrogens is 295 g/mol. The van der Waals surface area contributed by atoms with Crippen LogP contribution in [0.2, 0.25) is 0 Å². The van der Waals surface area contributed by atoms with Gasteiger partial charge in [0.25, 0.3) is 0 Å². The average molecular weight is 304 g/mol. The molecule has 0 bridgehead atoms. The van der Waals surface area contributed by atoms with Gasteiger partial charge in [0.05, 0.1) is 0 Å². The summed E-state index contributed by atoms with van der Waals surface area (Å²) in [5.41, 5.74) is 1.07. The van der Waals surface area contributed by atoms with Crippen molar-refractivity contribution < 1.29 is 22.4 Å². The smallest absolute Gasteiger partial charge is 0 e. The molecule has 0 saturated heterocycles. The molecule has 0 unspecified atom stereocenters. The van der Waals surface area contributed by atoms with Crippen molar-refractivity contribution in [2.75, 3.05) is 0 Å². The van der Waals surface area contributed by atoms with Gasteiger partial charge in [0.2, 0.25) is 0 Å². The fourth-order valence-corrected chi connectivity index (χ4v) is 0.478. The number of hydrogen-bond donors (Lipinski definition) is 0. The summed E-state index contributed by atoms with van der Waals surface area (Å²) in [7, 11) is 0. The van der Waals surface area contributed by atoms with Crippen LogP contribution in [0.15, 0.2) is 30.3 Å². The third kappa shape index (κ3) is 4.30. The molecule has 0 heterocycles. The van der Waals surface area contributed by atoms with Gasteiger partial charge in [-0.3, -0.25) is 0 Å². The molecule has 0 aromatic heterocycles. The summed E-state index contributed by atoms with van der Waals surface area (Å²) in [6, 6.07) is 9.87. The summed E-state index contributed by atoms with van der Waals surface area (Å²) in [6.07, 6.45) is 0. The van der Waals surface area contributed by atoms with E-state index in [-0.39, 0.29) is 28.5 Å². The quantitative estimate of drug-likeness (QED) is 0.521. The fraction of sp³-hybridized carbons (Fsp3) is 0. The molecule has 9 heavy (non-hydrogen) atoms. The van der Waals surface area contributed by atoms with Crippen molar-refractivity contribution in [3.05, 3.63) is 49.0 Å². The summed E-state index contributed by atoms with van der Waals surface area (Å²) in [5.74, 6) is 0. The zero-order valence-corrected chi connectivity index (χ0v) is 7.14. The topological polar surface area (TPSA) is 33.5 Å². The van der Waals surface area contributed by atoms with Crippen molar-refractivity contribution in [2.24, 2.45) is 0 Å². The van der Waals surface area contributed by atoms with Gasteiger partial charge in [-0.05, 0) is 0 Å². The summed E-state index contributed by atoms with van der Waals surface area (Å²) in [6.45, 7) is 3.72. The van der Waals surface area contributed by atoms with Crippen LogP contribution in [0.5, 0.6) is 0 Å². The molecule has 1 nitrogen and oxygen atoms in total. The SMILES string of the molecule is [Au].[CH2-]c1ccccc1.[NH2-]. The summed E-state index contributed by atoms with van der Waals surface area (Å²) >= 11 is 0. The van der Waals surface area contributed by atoms with Crippen LogP contribution in [-0.4, -0.2) is 0 Å². The third-order valence-electron chi connectivity index (χ3n) is 0.843. The average Bonchev–Trinajstić information content (AvgIpc) is 1.69. The zero-order chi connectivity index (χ0) is 5.11. The molecular formula is C7H9AuN-2. The Morgan fingerprint density at radius 2 is 1.44 bits per heavy atom. The molecule has 0 atom stereocenters. The molecule has 0 fully saturated rings. The van der Waals surface area contributed by atoms with Gasteiger partial charge in [-0.1, -0.05) is 6.07 Å². The van der Waals surface area contributed by atoms with Gasteiger partial charge < -0.3 is 6.15 Å². The first-order valence-corrected chi connectivity index (χ1v) is 2.26. The first kappa shape index (κ1) is 11.6. The predicted molar refractivity (Wildman–Crippen MR) is 36.2 cm³/mol. The predicted octanol–water partition coefficient (Wildman–Crippen LogP) is 2.58. The van der Waals surface area contributed by atoms with Crippen molar-refractivity contribution in [3.63, 3.8) is 0 Å². The monoisotopic (exact) mass is 304 g/mol. The maximum Gasteiger partial charge on any atom is 0 e. The van der Waals surface area contributed by atoms with Crippen LogP contribution in [0.25, 0.3) is 6.15 Å². The molecule has 1 aromatic carbocycles. The first-order valence-electron chi connectivity index (χ1n) is 2.26. The minimum absolute atomic E-state index is 0. The van der Waals surface area contributed by atoms with Crippen molar-refractivity contribution in [3.8, 4) is 0 Å². The minimum Gasteiger partial charge on any atom is -0.693 e. The Kier molecular flexibility index (Phi) is 7.61. The van der Waals surface area contributed by atoms with E-state index in [0.717, 1.165) is 5.56 Å². The van der Waals surface area contributed by atoms with Gasteiger partial charge in [0, 0.05) is 22.4 Å². The van der Waals surface area contributed by atoms with Crippen LogP contribution < -0.4 is 0 Å². The van der Waals surface area contributed by atoms with E-state index in [9.17, 15) is 0 Å². The summed E-state index contributed by atoms with van der Waals surface area (Å²) in [5, 5.41) is 0. The van der Waals surface area contributed by atoms with Crippen LogP contribution in [0.1, 0.15) is 5.56 Å². The van der Waals surface area contributed by atoms with Crippen molar-refractivity contribution >= 4 is 0 Å². The van der Waals surface area contributed by atoms with Crippen LogP contribution in [0, 0.1) is 6.92 Å². The third-order valence-corrected chi connectivity index (χ3v) is 0.843. The second-order valence-corrected chi connectivity index (χ2v) is 1.49. The molecule has 1 radical (unpaired) electrons. The summed E-state index contributed by atoms with van der Waals surface area (Å²) in [4.78, 5) is 0. The molecule has 0 aliphatic carbocycles. The molecule has 0 spiro atoms. The van der Waals surface area contributed by atoms with Crippen LogP contribution in [0.4, 0.5) is 0 Å². The molecule has 0 amide bonds. The van der Waals surface area contributed by atoms with E-state index in [1.807, 2.05) is 30.3 Å². The van der Waals surface area contributed by atoms with Crippen molar-refractivity contribution in [1.82, 2.24) is 0 Å². The van der Waals surface area contributed by atoms with Gasteiger partial charge in [0.1, 0.15) is 0 Å². The largest absolute Gasteiger partial charge is 0.693 e. The maximum absolute atomic E-state index is 3.72. The fourth-order valence-electron chi connectivity index (χ4n) is 0.478. The Balaban J connectivity index is 0. The van der Waals surface area contributed by atoms with Crippen molar-refractivity contribution in [1.29, 1.82) is 0 Å². The number of benzene rings is 1. The molecule has 0 saturated carbocycles. The molecule has 55 valence electrons. The number of nitrogens with two attached hydrogens (primary N) is 1. The number of rotatable bonds is 0. The van der Waals surface area contributed by atoms with Crippen LogP contribution >= 0.6 is 0 Å². The van der Waals surface area contributed by atoms with Crippen molar-refractivity contribution in [2.45, 2.75) is 0 Å². The van der Waals surface area contributed by atoms with E-state index >= 15 is 0 Å². The Morgan fingerprint density at radius 3 is 1.67 bits per heavy atom. The molecule has 0 aliphatic heterocycles. The van der Waals surface area contributed by atoms with Gasteiger partial charge in [-0.2, -0.15) is 24.6 Å². The van der Waals surface area contributed by atoms with Crippen LogP contribution in [-0.2, 0) is 22.4 Å². The first-order chi connectivity index (χ1) is 3.39. The van der Waals surface area contributed by atoms with Gasteiger partial charge in [-0.25, -0.2) is 0 Å². The maximum atomic E-state index is 3.72. The molecule has 1 rings (SSSR count). The Morgan fingerprint density at radius 1 is 1.00 bits per heavy atom. The van der Waals surface area contributed by atoms with Gasteiger partial charge >= 0.3 is 0 Å². The molecule has 1 aromatic rings. The Labute approximate surface area is 71.6 Å². The van der Waals surface area contributed by atoms with Gasteiger partial charge in [0.15, 0.2) is 0 Å². The van der Waals surface area contributed by atoms with Crippen LogP contribution in [0.3, 0.4) is 0 Å². The normalized spacial score (nSPS) is 6.67. The zero-order valence-electron chi connectivity index (χ0n) is 4.97. The second-order valence-electron chi connectivity index (χ2n) is 1.49. The standard InChI is InChI=1S/C7H7.Au.H2N/c1-7-5-3-2-4-6-7;;/h2-6H,1H2;;1H2/q-1;;-1. The van der Waals surface area contributed by atoms with E-state index in [1.165, 1.54) is 0 Å². The van der Waals surface area contributed by atoms with Gasteiger partial charge in [-0.15, -0.1) is 12.1 Å². The minimum atomic E-state index is 0. The van der Waals surface area contributed by atoms with E-state index < -0.39 is 0 Å². The van der Waals surface area contributed by atoms with E-state index in [1.54, 1.807) is 0 Å². The number of hydrogen-bond acceptors (Lipinski definition) is 0. The summed E-state index contributed by atoms with van der Waals surface area (Å²) < 4.78 is 0. The molecule has 2 N–H and O–H groups in total.